The van der Waals surface area contributed by atoms with Crippen LogP contribution in [0.4, 0.5) is 19.0 Å². The predicted octanol–water partition coefficient (Wildman–Crippen LogP) is 3.50. The number of carbonyl (C=O) groups excluding carboxylic acids is 2. The quantitative estimate of drug-likeness (QED) is 0.360. The number of nitrogen functional groups attached to an aromatic ring is 1. The number of carbonyl (C=O) groups is 2. The fraction of sp³-hybridized carbons (Fsp3) is 0.280. The van der Waals surface area contributed by atoms with Crippen molar-refractivity contribution < 1.29 is 32.6 Å². The summed E-state index contributed by atoms with van der Waals surface area (Å²) in [5.41, 5.74) is 4.37. The van der Waals surface area contributed by atoms with Gasteiger partial charge in [0.2, 0.25) is 5.91 Å². The highest BCUT2D eigenvalue weighted by molar-refractivity contribution is 6.03. The molecule has 194 valence electrons. The molecule has 2 heterocycles. The van der Waals surface area contributed by atoms with Gasteiger partial charge in [0.25, 0.3) is 5.91 Å². The minimum Gasteiger partial charge on any atom is -0.455 e. The molecule has 2 aromatic heterocycles. The molecule has 37 heavy (non-hydrogen) atoms. The number of anilines is 1. The van der Waals surface area contributed by atoms with Gasteiger partial charge in [0, 0.05) is 6.20 Å². The molecular formula is C25H24F3N5O4. The molecule has 12 heteroatoms. The Bertz CT molecular complexity index is 1310. The van der Waals surface area contributed by atoms with Crippen LogP contribution >= 0.6 is 0 Å². The minimum atomic E-state index is -4.69. The van der Waals surface area contributed by atoms with Gasteiger partial charge in [-0.3, -0.25) is 14.6 Å². The summed E-state index contributed by atoms with van der Waals surface area (Å²) in [4.78, 5) is 33.2. The number of pyridine rings is 2. The van der Waals surface area contributed by atoms with Crippen LogP contribution in [-0.2, 0) is 17.5 Å². The highest BCUT2D eigenvalue weighted by atomic mass is 19.4. The predicted molar refractivity (Wildman–Crippen MR) is 126 cm³/mol. The second-order valence-electron chi connectivity index (χ2n) is 8.67. The van der Waals surface area contributed by atoms with Crippen molar-refractivity contribution in [3.8, 4) is 11.5 Å². The number of nitrogens with zero attached hydrogens (tertiary/aromatic N) is 2. The average Bonchev–Trinajstić information content (AvgIpc) is 3.63. The molecule has 3 aromatic rings. The average molecular weight is 515 g/mol. The molecule has 0 saturated heterocycles. The van der Waals surface area contributed by atoms with Crippen molar-refractivity contribution in [1.29, 1.82) is 0 Å². The molecule has 1 aliphatic rings. The minimum absolute atomic E-state index is 0.0304. The third kappa shape index (κ3) is 5.97. The molecule has 0 aliphatic heterocycles. The molecule has 1 fully saturated rings. The number of alkyl halides is 3. The van der Waals surface area contributed by atoms with Crippen LogP contribution in [0.1, 0.15) is 53.0 Å². The zero-order valence-corrected chi connectivity index (χ0v) is 19.7. The molecule has 1 unspecified atom stereocenters. The first-order valence-corrected chi connectivity index (χ1v) is 11.3. The largest absolute Gasteiger partial charge is 0.455 e. The van der Waals surface area contributed by atoms with Gasteiger partial charge in [-0.25, -0.2) is 4.98 Å². The van der Waals surface area contributed by atoms with Crippen molar-refractivity contribution in [1.82, 2.24) is 20.6 Å². The normalized spacial score (nSPS) is 14.9. The summed E-state index contributed by atoms with van der Waals surface area (Å²) in [6.07, 6.45) is -2.14. The standard InChI is InChI=1S/C25H24F3N5O4/c1-14(34)15-4-7-20(19(11-15)25(26,27)28)37-17-6-5-16(31-13-17)12-32-23(36)24(8-9-24)33-22(35)18-3-2-10-30-21(18)29/h2-7,10-11,13-14,34H,8-9,12H2,1H3,(H2,29,30)(H,32,36)(H,33,35). The molecule has 9 nitrogen and oxygen atoms in total. The van der Waals surface area contributed by atoms with E-state index in [-0.39, 0.29) is 29.2 Å². The lowest BCUT2D eigenvalue weighted by Crippen LogP contribution is -2.49. The number of nitrogens with two attached hydrogens (primary N) is 1. The van der Waals surface area contributed by atoms with Crippen molar-refractivity contribution in [3.05, 3.63) is 77.2 Å². The molecule has 1 aliphatic carbocycles. The third-order valence-corrected chi connectivity index (χ3v) is 5.87. The van der Waals surface area contributed by atoms with E-state index in [0.717, 1.165) is 12.1 Å². The topological polar surface area (TPSA) is 139 Å². The van der Waals surface area contributed by atoms with Crippen LogP contribution in [0.25, 0.3) is 0 Å². The number of hydrogen-bond acceptors (Lipinski definition) is 7. The van der Waals surface area contributed by atoms with Crippen molar-refractivity contribution >= 4 is 17.6 Å². The lowest BCUT2D eigenvalue weighted by molar-refractivity contribution is -0.138. The van der Waals surface area contributed by atoms with Gasteiger partial charge in [-0.05, 0) is 61.7 Å². The molecule has 5 N–H and O–H groups in total. The summed E-state index contributed by atoms with van der Waals surface area (Å²) < 4.78 is 45.8. The monoisotopic (exact) mass is 515 g/mol. The summed E-state index contributed by atoms with van der Waals surface area (Å²) >= 11 is 0. The van der Waals surface area contributed by atoms with Crippen LogP contribution in [-0.4, -0.2) is 32.4 Å². The number of benzene rings is 1. The third-order valence-electron chi connectivity index (χ3n) is 5.87. The van der Waals surface area contributed by atoms with Crippen molar-refractivity contribution in [2.45, 2.75) is 44.1 Å². The van der Waals surface area contributed by atoms with Gasteiger partial charge in [0.05, 0.1) is 35.7 Å². The highest BCUT2D eigenvalue weighted by Crippen LogP contribution is 2.39. The molecule has 1 aromatic carbocycles. The number of aromatic nitrogens is 2. The lowest BCUT2D eigenvalue weighted by Gasteiger charge is -2.18. The first-order chi connectivity index (χ1) is 17.5. The maximum atomic E-state index is 13.5. The lowest BCUT2D eigenvalue weighted by atomic mass is 10.1. The summed E-state index contributed by atoms with van der Waals surface area (Å²) in [5.74, 6) is -1.20. The summed E-state index contributed by atoms with van der Waals surface area (Å²) in [6.45, 7) is 1.40. The SMILES string of the molecule is CC(O)c1ccc(Oc2ccc(CNC(=O)C3(NC(=O)c4cccnc4N)CC3)nc2)c(C(F)(F)F)c1. The van der Waals surface area contributed by atoms with E-state index in [1.165, 1.54) is 43.6 Å². The number of aliphatic hydroxyl groups excluding tert-OH is 1. The van der Waals surface area contributed by atoms with Gasteiger partial charge >= 0.3 is 6.18 Å². The fourth-order valence-corrected chi connectivity index (χ4v) is 3.59. The Hall–Kier alpha value is -4.19. The van der Waals surface area contributed by atoms with Crippen molar-refractivity contribution in [3.63, 3.8) is 0 Å². The second-order valence-corrected chi connectivity index (χ2v) is 8.67. The Morgan fingerprint density at radius 2 is 1.95 bits per heavy atom. The van der Waals surface area contributed by atoms with E-state index in [2.05, 4.69) is 20.6 Å². The van der Waals surface area contributed by atoms with Crippen LogP contribution in [0.5, 0.6) is 11.5 Å². The first kappa shape index (κ1) is 25.9. The Labute approximate surface area is 209 Å². The smallest absolute Gasteiger partial charge is 0.419 e. The van der Waals surface area contributed by atoms with E-state index in [0.29, 0.717) is 18.5 Å². The van der Waals surface area contributed by atoms with Gasteiger partial charge < -0.3 is 26.2 Å². The van der Waals surface area contributed by atoms with Gasteiger partial charge in [0.15, 0.2) is 0 Å². The number of hydrogen-bond donors (Lipinski definition) is 4. The van der Waals surface area contributed by atoms with Crippen molar-refractivity contribution in [2.75, 3.05) is 5.73 Å². The van der Waals surface area contributed by atoms with E-state index in [1.54, 1.807) is 6.07 Å². The molecule has 1 saturated carbocycles. The van der Waals surface area contributed by atoms with Crippen LogP contribution in [0.2, 0.25) is 0 Å². The number of rotatable bonds is 8. The molecule has 1 atom stereocenters. The van der Waals surface area contributed by atoms with E-state index < -0.39 is 40.9 Å². The summed E-state index contributed by atoms with van der Waals surface area (Å²) in [7, 11) is 0. The van der Waals surface area contributed by atoms with Crippen LogP contribution in [0.15, 0.2) is 54.9 Å². The second kappa shape index (κ2) is 10.1. The molecular weight excluding hydrogens is 491 g/mol. The number of nitrogens with one attached hydrogen (secondary N) is 2. The number of aliphatic hydroxyl groups is 1. The summed E-state index contributed by atoms with van der Waals surface area (Å²) in [6, 6.07) is 9.34. The Kier molecular flexibility index (Phi) is 7.03. The molecule has 2 amide bonds. The molecule has 0 spiro atoms. The van der Waals surface area contributed by atoms with Crippen LogP contribution in [0.3, 0.4) is 0 Å². The zero-order chi connectivity index (χ0) is 26.8. The van der Waals surface area contributed by atoms with E-state index >= 15 is 0 Å². The van der Waals surface area contributed by atoms with Gasteiger partial charge in [-0.1, -0.05) is 6.07 Å². The molecule has 0 bridgehead atoms. The summed E-state index contributed by atoms with van der Waals surface area (Å²) in [5, 5.41) is 15.0. The molecule has 0 radical (unpaired) electrons. The van der Waals surface area contributed by atoms with E-state index in [1.807, 2.05) is 0 Å². The van der Waals surface area contributed by atoms with E-state index in [4.69, 9.17) is 10.5 Å². The van der Waals surface area contributed by atoms with Crippen molar-refractivity contribution in [2.24, 2.45) is 0 Å². The Morgan fingerprint density at radius 1 is 1.19 bits per heavy atom. The van der Waals surface area contributed by atoms with Gasteiger partial charge in [0.1, 0.15) is 22.9 Å². The van der Waals surface area contributed by atoms with Gasteiger partial charge in [-0.15, -0.1) is 0 Å². The molecule has 4 rings (SSSR count). The Morgan fingerprint density at radius 3 is 2.54 bits per heavy atom. The highest BCUT2D eigenvalue weighted by Gasteiger charge is 2.51. The zero-order valence-electron chi connectivity index (χ0n) is 19.7. The van der Waals surface area contributed by atoms with E-state index in [9.17, 15) is 27.9 Å². The first-order valence-electron chi connectivity index (χ1n) is 11.3. The van der Waals surface area contributed by atoms with Gasteiger partial charge in [-0.2, -0.15) is 13.2 Å². The maximum absolute atomic E-state index is 13.5. The number of amides is 2. The Balaban J connectivity index is 1.37. The van der Waals surface area contributed by atoms with Crippen LogP contribution in [0, 0.1) is 0 Å². The van der Waals surface area contributed by atoms with Crippen LogP contribution < -0.4 is 21.1 Å². The maximum Gasteiger partial charge on any atom is 0.419 e. The number of halogens is 3. The fourth-order valence-electron chi connectivity index (χ4n) is 3.59. The number of ether oxygens (including phenoxy) is 1.